The molecule has 3 nitrogen and oxygen atoms in total. The van der Waals surface area contributed by atoms with Gasteiger partial charge < -0.3 is 14.3 Å². The molecule has 116 valence electrons. The maximum Gasteiger partial charge on any atom is 0.512 e. The molecular weight excluding hydrogens is 261 g/mol. The molecule has 1 fully saturated rings. The molecule has 1 saturated heterocycles. The van der Waals surface area contributed by atoms with Gasteiger partial charge in [0, 0.05) is 10.9 Å². The van der Waals surface area contributed by atoms with E-state index in [2.05, 4.69) is 51.4 Å². The van der Waals surface area contributed by atoms with Crippen molar-refractivity contribution in [3.63, 3.8) is 0 Å². The van der Waals surface area contributed by atoms with Crippen LogP contribution in [0, 0.1) is 0 Å². The number of aromatic amines is 1. The minimum Gasteiger partial charge on any atom is -0.398 e. The zero-order chi connectivity index (χ0) is 16.3. The van der Waals surface area contributed by atoms with Gasteiger partial charge in [0.25, 0.3) is 0 Å². The van der Waals surface area contributed by atoms with Crippen LogP contribution in [0.3, 0.4) is 0 Å². The molecule has 1 aromatic rings. The molecule has 0 saturated carbocycles. The van der Waals surface area contributed by atoms with Crippen LogP contribution in [0.4, 0.5) is 0 Å². The number of H-pyrrole nitrogens is 1. The molecule has 1 aliphatic heterocycles. The molecule has 0 spiro atoms. The Kier molecular flexibility index (Phi) is 5.65. The van der Waals surface area contributed by atoms with E-state index in [0.717, 1.165) is 16.2 Å². The first kappa shape index (κ1) is 17.8. The number of rotatable bonds is 2. The van der Waals surface area contributed by atoms with Crippen molar-refractivity contribution >= 4 is 24.9 Å². The van der Waals surface area contributed by atoms with Gasteiger partial charge in [0.15, 0.2) is 0 Å². The van der Waals surface area contributed by atoms with Crippen LogP contribution in [-0.2, 0) is 9.31 Å². The summed E-state index contributed by atoms with van der Waals surface area (Å²) in [6.45, 7) is 18.0. The fourth-order valence-electron chi connectivity index (χ4n) is 2.10. The van der Waals surface area contributed by atoms with Crippen LogP contribution in [0.5, 0.6) is 0 Å². The van der Waals surface area contributed by atoms with Crippen molar-refractivity contribution in [1.29, 1.82) is 0 Å². The molecule has 1 aliphatic rings. The normalized spacial score (nSPS) is 21.2. The van der Waals surface area contributed by atoms with E-state index < -0.39 is 0 Å². The first-order valence-electron chi connectivity index (χ1n) is 7.64. The Bertz CT molecular complexity index is 583. The van der Waals surface area contributed by atoms with E-state index >= 15 is 0 Å². The minimum absolute atomic E-state index is 0.318. The minimum atomic E-state index is -0.351. The summed E-state index contributed by atoms with van der Waals surface area (Å²) in [4.78, 5) is 3.34. The van der Waals surface area contributed by atoms with E-state index in [1.54, 1.807) is 6.08 Å². The first-order chi connectivity index (χ1) is 9.80. The molecule has 1 aromatic heterocycles. The second-order valence-corrected chi connectivity index (χ2v) is 5.87. The molecule has 21 heavy (non-hydrogen) atoms. The lowest BCUT2D eigenvalue weighted by Crippen LogP contribution is -2.41. The van der Waals surface area contributed by atoms with Gasteiger partial charge in [-0.2, -0.15) is 0 Å². The van der Waals surface area contributed by atoms with Crippen LogP contribution in [0.2, 0.25) is 0 Å². The van der Waals surface area contributed by atoms with E-state index in [9.17, 15) is 0 Å². The smallest absolute Gasteiger partial charge is 0.398 e. The summed E-state index contributed by atoms with van der Waals surface area (Å²) in [6.07, 6.45) is 5.78. The van der Waals surface area contributed by atoms with Gasteiger partial charge >= 0.3 is 7.12 Å². The lowest BCUT2D eigenvalue weighted by molar-refractivity contribution is 0.00578. The standard InChI is InChI=1S/C15H22BNO2.C2H6/c1-7-9-12-11(8-2)10-13(17-12)16-18-14(3,4)15(5,6)19-16;1-2/h7-10,17H,1H2,2-6H3;1-2H3/b11-8-,12-9+;. The fraction of sp³-hybridized carbons (Fsp3) is 0.529. The third-order valence-electron chi connectivity index (χ3n) is 4.00. The molecule has 0 atom stereocenters. The Balaban J connectivity index is 0.00000106. The number of nitrogens with one attached hydrogen (secondary N) is 1. The fourth-order valence-corrected chi connectivity index (χ4v) is 2.10. The van der Waals surface area contributed by atoms with Crippen molar-refractivity contribution in [2.24, 2.45) is 0 Å². The molecule has 0 aromatic carbocycles. The average Bonchev–Trinajstić information content (AvgIpc) is 2.92. The summed E-state index contributed by atoms with van der Waals surface area (Å²) in [5.74, 6) is 0. The summed E-state index contributed by atoms with van der Waals surface area (Å²) >= 11 is 0. The zero-order valence-corrected chi connectivity index (χ0v) is 14.4. The molecule has 2 rings (SSSR count). The van der Waals surface area contributed by atoms with Gasteiger partial charge in [-0.3, -0.25) is 0 Å². The SMILES string of the molecule is C=C/C=c1/[nH]c(B2OC(C)(C)C(C)(C)O2)c/c1=C/C.CC. The summed E-state index contributed by atoms with van der Waals surface area (Å²) in [7, 11) is -0.351. The van der Waals surface area contributed by atoms with Crippen molar-refractivity contribution in [3.8, 4) is 0 Å². The molecule has 0 bridgehead atoms. The van der Waals surface area contributed by atoms with Crippen molar-refractivity contribution in [1.82, 2.24) is 4.98 Å². The average molecular weight is 289 g/mol. The van der Waals surface area contributed by atoms with Gasteiger partial charge in [-0.25, -0.2) is 0 Å². The van der Waals surface area contributed by atoms with E-state index in [-0.39, 0.29) is 18.3 Å². The summed E-state index contributed by atoms with van der Waals surface area (Å²) in [6, 6.07) is 2.07. The van der Waals surface area contributed by atoms with Gasteiger partial charge in [-0.15, -0.1) is 0 Å². The number of hydrogen-bond donors (Lipinski definition) is 1. The maximum absolute atomic E-state index is 6.03. The Morgan fingerprint density at radius 3 is 2.10 bits per heavy atom. The van der Waals surface area contributed by atoms with Crippen LogP contribution in [-0.4, -0.2) is 23.3 Å². The Labute approximate surface area is 128 Å². The molecule has 2 heterocycles. The number of hydrogen-bond acceptors (Lipinski definition) is 2. The van der Waals surface area contributed by atoms with Crippen LogP contribution in [0.25, 0.3) is 12.2 Å². The molecular formula is C17H28BNO2. The van der Waals surface area contributed by atoms with Crippen molar-refractivity contribution in [2.45, 2.75) is 59.7 Å². The highest BCUT2D eigenvalue weighted by molar-refractivity contribution is 6.61. The molecule has 0 radical (unpaired) electrons. The molecule has 0 amide bonds. The Morgan fingerprint density at radius 1 is 1.14 bits per heavy atom. The molecule has 0 unspecified atom stereocenters. The molecule has 1 N–H and O–H groups in total. The van der Waals surface area contributed by atoms with Crippen LogP contribution >= 0.6 is 0 Å². The van der Waals surface area contributed by atoms with Crippen LogP contribution in [0.1, 0.15) is 48.5 Å². The van der Waals surface area contributed by atoms with E-state index in [0.29, 0.717) is 0 Å². The van der Waals surface area contributed by atoms with Crippen LogP contribution in [0.15, 0.2) is 18.7 Å². The largest absolute Gasteiger partial charge is 0.512 e. The van der Waals surface area contributed by atoms with E-state index in [1.807, 2.05) is 26.8 Å². The number of aromatic nitrogens is 1. The van der Waals surface area contributed by atoms with Gasteiger partial charge in [-0.05, 0) is 52.0 Å². The predicted octanol–water partition coefficient (Wildman–Crippen LogP) is 2.11. The van der Waals surface area contributed by atoms with E-state index in [4.69, 9.17) is 9.31 Å². The molecule has 0 aliphatic carbocycles. The highest BCUT2D eigenvalue weighted by Gasteiger charge is 2.52. The summed E-state index contributed by atoms with van der Waals surface area (Å²) in [5.41, 5.74) is 0.308. The van der Waals surface area contributed by atoms with Gasteiger partial charge in [0.1, 0.15) is 0 Å². The Hall–Kier alpha value is -1.26. The summed E-state index contributed by atoms with van der Waals surface area (Å²) < 4.78 is 12.1. The van der Waals surface area contributed by atoms with Gasteiger partial charge in [0.05, 0.1) is 11.2 Å². The second kappa shape index (κ2) is 6.67. The second-order valence-electron chi connectivity index (χ2n) is 5.87. The third-order valence-corrected chi connectivity index (χ3v) is 4.00. The zero-order valence-electron chi connectivity index (χ0n) is 14.4. The number of allylic oxidation sites excluding steroid dienone is 1. The quantitative estimate of drug-likeness (QED) is 0.846. The Morgan fingerprint density at radius 2 is 1.67 bits per heavy atom. The van der Waals surface area contributed by atoms with Crippen molar-refractivity contribution in [2.75, 3.05) is 0 Å². The van der Waals surface area contributed by atoms with E-state index in [1.165, 1.54) is 0 Å². The first-order valence-corrected chi connectivity index (χ1v) is 7.64. The highest BCUT2D eigenvalue weighted by atomic mass is 16.7. The highest BCUT2D eigenvalue weighted by Crippen LogP contribution is 2.36. The van der Waals surface area contributed by atoms with Crippen molar-refractivity contribution < 1.29 is 9.31 Å². The summed E-state index contributed by atoms with van der Waals surface area (Å²) in [5, 5.41) is 2.16. The van der Waals surface area contributed by atoms with Crippen molar-refractivity contribution in [3.05, 3.63) is 29.3 Å². The third kappa shape index (κ3) is 3.50. The van der Waals surface area contributed by atoms with Gasteiger partial charge in [0.2, 0.25) is 0 Å². The lowest BCUT2D eigenvalue weighted by atomic mass is 9.85. The molecule has 4 heteroatoms. The predicted molar refractivity (Wildman–Crippen MR) is 91.9 cm³/mol. The monoisotopic (exact) mass is 289 g/mol. The van der Waals surface area contributed by atoms with Crippen LogP contribution < -0.4 is 16.2 Å². The lowest BCUT2D eigenvalue weighted by Gasteiger charge is -2.32. The van der Waals surface area contributed by atoms with Gasteiger partial charge in [-0.1, -0.05) is 32.6 Å². The maximum atomic E-state index is 6.03. The topological polar surface area (TPSA) is 34.2 Å².